The van der Waals surface area contributed by atoms with E-state index >= 15 is 0 Å². The molecule has 1 aliphatic heterocycles. The highest BCUT2D eigenvalue weighted by Gasteiger charge is 2.42. The predicted molar refractivity (Wildman–Crippen MR) is 100 cm³/mol. The second-order valence-electron chi connectivity index (χ2n) is 6.44. The normalized spacial score (nSPS) is 20.5. The summed E-state index contributed by atoms with van der Waals surface area (Å²) in [6.45, 7) is 4.23. The lowest BCUT2D eigenvalue weighted by molar-refractivity contribution is 0.249. The summed E-state index contributed by atoms with van der Waals surface area (Å²) in [5.41, 5.74) is 1.85. The van der Waals surface area contributed by atoms with Crippen molar-refractivity contribution in [1.82, 2.24) is 5.32 Å². The van der Waals surface area contributed by atoms with Crippen molar-refractivity contribution >= 4 is 34.9 Å². The Balaban J connectivity index is 2.01. The van der Waals surface area contributed by atoms with Crippen molar-refractivity contribution in [3.8, 4) is 0 Å². The minimum Gasteiger partial charge on any atom is -0.333 e. The van der Waals surface area contributed by atoms with Gasteiger partial charge in [0.2, 0.25) is 0 Å². The number of hydrogen-bond donors (Lipinski definition) is 1. The van der Waals surface area contributed by atoms with Gasteiger partial charge in [-0.15, -0.1) is 0 Å². The Morgan fingerprint density at radius 3 is 2.50 bits per heavy atom. The van der Waals surface area contributed by atoms with E-state index in [1.807, 2.05) is 18.2 Å². The van der Waals surface area contributed by atoms with Gasteiger partial charge in [-0.1, -0.05) is 67.4 Å². The third-order valence-corrected chi connectivity index (χ3v) is 4.98. The summed E-state index contributed by atoms with van der Waals surface area (Å²) in [7, 11) is 0. The van der Waals surface area contributed by atoms with Crippen LogP contribution in [-0.2, 0) is 6.42 Å². The molecule has 3 rings (SSSR count). The molecule has 2 aromatic rings. The van der Waals surface area contributed by atoms with Gasteiger partial charge in [0.05, 0.1) is 22.8 Å². The van der Waals surface area contributed by atoms with Gasteiger partial charge in [0.15, 0.2) is 0 Å². The van der Waals surface area contributed by atoms with Gasteiger partial charge in [0.1, 0.15) is 0 Å². The zero-order chi connectivity index (χ0) is 17.3. The van der Waals surface area contributed by atoms with E-state index < -0.39 is 0 Å². The molecule has 1 saturated heterocycles. The Bertz CT molecular complexity index is 733. The van der Waals surface area contributed by atoms with Crippen LogP contribution in [-0.4, -0.2) is 18.1 Å². The van der Waals surface area contributed by atoms with Crippen LogP contribution in [0.3, 0.4) is 0 Å². The van der Waals surface area contributed by atoms with Crippen molar-refractivity contribution in [3.05, 3.63) is 64.1 Å². The smallest absolute Gasteiger partial charge is 0.322 e. The molecule has 2 amide bonds. The average Bonchev–Trinajstić information content (AvgIpc) is 2.87. The highest BCUT2D eigenvalue weighted by atomic mass is 35.5. The molecule has 0 aliphatic carbocycles. The van der Waals surface area contributed by atoms with Gasteiger partial charge in [-0.2, -0.15) is 0 Å². The molecular formula is C19H20Cl2N2O. The summed E-state index contributed by atoms with van der Waals surface area (Å²) in [5, 5.41) is 4.19. The first-order valence-electron chi connectivity index (χ1n) is 8.06. The van der Waals surface area contributed by atoms with E-state index in [1.54, 1.807) is 23.1 Å². The highest BCUT2D eigenvalue weighted by molar-refractivity contribution is 6.35. The summed E-state index contributed by atoms with van der Waals surface area (Å²) in [4.78, 5) is 14.4. The quantitative estimate of drug-likeness (QED) is 0.800. The molecule has 0 radical (unpaired) electrons. The molecule has 0 spiro atoms. The number of carbonyl (C=O) groups is 1. The highest BCUT2D eigenvalue weighted by Crippen LogP contribution is 2.35. The number of amides is 2. The van der Waals surface area contributed by atoms with Crippen molar-refractivity contribution in [2.24, 2.45) is 5.92 Å². The largest absolute Gasteiger partial charge is 0.333 e. The van der Waals surface area contributed by atoms with Gasteiger partial charge >= 0.3 is 6.03 Å². The van der Waals surface area contributed by atoms with Gasteiger partial charge in [-0.05, 0) is 36.1 Å². The van der Waals surface area contributed by atoms with Gasteiger partial charge in [-0.3, -0.25) is 4.90 Å². The number of nitrogens with zero attached hydrogens (tertiary/aromatic N) is 1. The first kappa shape index (κ1) is 17.1. The molecule has 1 aliphatic rings. The van der Waals surface area contributed by atoms with Crippen LogP contribution in [0, 0.1) is 5.92 Å². The molecule has 1 heterocycles. The van der Waals surface area contributed by atoms with Crippen LogP contribution in [0.2, 0.25) is 10.0 Å². The van der Waals surface area contributed by atoms with E-state index in [-0.39, 0.29) is 18.1 Å². The standard InChI is InChI=1S/C19H20Cl2N2O/c1-12(2)18-17(10-13-6-4-3-5-7-13)23(19(24)22-18)16-11-14(20)8-9-15(16)21/h3-9,11-12,17-18H,10H2,1-2H3,(H,22,24). The van der Waals surface area contributed by atoms with Gasteiger partial charge in [0, 0.05) is 5.02 Å². The monoisotopic (exact) mass is 362 g/mol. The van der Waals surface area contributed by atoms with E-state index in [0.717, 1.165) is 6.42 Å². The lowest BCUT2D eigenvalue weighted by atomic mass is 9.92. The van der Waals surface area contributed by atoms with Gasteiger partial charge in [-0.25, -0.2) is 4.79 Å². The van der Waals surface area contributed by atoms with Crippen LogP contribution in [0.4, 0.5) is 10.5 Å². The molecule has 2 unspecified atom stereocenters. The van der Waals surface area contributed by atoms with Crippen molar-refractivity contribution in [1.29, 1.82) is 0 Å². The SMILES string of the molecule is CC(C)C1NC(=O)N(c2cc(Cl)ccc2Cl)C1Cc1ccccc1. The number of urea groups is 1. The molecule has 5 heteroatoms. The van der Waals surface area contributed by atoms with E-state index in [1.165, 1.54) is 5.56 Å². The average molecular weight is 363 g/mol. The van der Waals surface area contributed by atoms with Crippen molar-refractivity contribution in [2.75, 3.05) is 4.90 Å². The first-order valence-corrected chi connectivity index (χ1v) is 8.81. The Kier molecular flexibility index (Phi) is 5.02. The Hall–Kier alpha value is -1.71. The molecule has 24 heavy (non-hydrogen) atoms. The van der Waals surface area contributed by atoms with Crippen molar-refractivity contribution < 1.29 is 4.79 Å². The molecule has 3 nitrogen and oxygen atoms in total. The third kappa shape index (κ3) is 3.38. The Morgan fingerprint density at radius 2 is 1.83 bits per heavy atom. The van der Waals surface area contributed by atoms with E-state index in [2.05, 4.69) is 31.3 Å². The predicted octanol–water partition coefficient (Wildman–Crippen LogP) is 5.16. The van der Waals surface area contributed by atoms with E-state index in [0.29, 0.717) is 21.7 Å². The molecule has 126 valence electrons. The summed E-state index contributed by atoms with van der Waals surface area (Å²) in [5.74, 6) is 0.311. The van der Waals surface area contributed by atoms with E-state index in [9.17, 15) is 4.79 Å². The van der Waals surface area contributed by atoms with Crippen LogP contribution in [0.15, 0.2) is 48.5 Å². The molecule has 0 aromatic heterocycles. The van der Waals surface area contributed by atoms with Crippen LogP contribution in [0.5, 0.6) is 0 Å². The Labute approximate surface area is 152 Å². The molecule has 2 atom stereocenters. The van der Waals surface area contributed by atoms with Gasteiger partial charge < -0.3 is 5.32 Å². The topological polar surface area (TPSA) is 32.3 Å². The number of carbonyl (C=O) groups excluding carboxylic acids is 1. The maximum Gasteiger partial charge on any atom is 0.322 e. The second kappa shape index (κ2) is 7.04. The number of benzene rings is 2. The molecule has 0 bridgehead atoms. The van der Waals surface area contributed by atoms with Crippen molar-refractivity contribution in [3.63, 3.8) is 0 Å². The van der Waals surface area contributed by atoms with Crippen LogP contribution >= 0.6 is 23.2 Å². The summed E-state index contributed by atoms with van der Waals surface area (Å²) >= 11 is 12.5. The van der Waals surface area contributed by atoms with Crippen LogP contribution in [0.25, 0.3) is 0 Å². The zero-order valence-electron chi connectivity index (χ0n) is 13.7. The molecule has 1 fully saturated rings. The third-order valence-electron chi connectivity index (χ3n) is 4.43. The minimum absolute atomic E-state index is 0.0177. The fourth-order valence-corrected chi connectivity index (χ4v) is 3.64. The minimum atomic E-state index is -0.126. The fourth-order valence-electron chi connectivity index (χ4n) is 3.26. The molecular weight excluding hydrogens is 343 g/mol. The molecule has 0 saturated carbocycles. The second-order valence-corrected chi connectivity index (χ2v) is 7.29. The number of rotatable bonds is 4. The summed E-state index contributed by atoms with van der Waals surface area (Å²) < 4.78 is 0. The van der Waals surface area contributed by atoms with E-state index in [4.69, 9.17) is 23.2 Å². The number of hydrogen-bond acceptors (Lipinski definition) is 1. The lowest BCUT2D eigenvalue weighted by Crippen LogP contribution is -2.41. The van der Waals surface area contributed by atoms with Crippen molar-refractivity contribution in [2.45, 2.75) is 32.4 Å². The number of anilines is 1. The molecule has 1 N–H and O–H groups in total. The first-order chi connectivity index (χ1) is 11.5. The van der Waals surface area contributed by atoms with Crippen LogP contribution < -0.4 is 10.2 Å². The van der Waals surface area contributed by atoms with Crippen LogP contribution in [0.1, 0.15) is 19.4 Å². The Morgan fingerprint density at radius 1 is 1.12 bits per heavy atom. The summed E-state index contributed by atoms with van der Waals surface area (Å²) in [6, 6.07) is 15.3. The molecule has 2 aromatic carbocycles. The maximum absolute atomic E-state index is 12.7. The number of nitrogens with one attached hydrogen (secondary N) is 1. The maximum atomic E-state index is 12.7. The fraction of sp³-hybridized carbons (Fsp3) is 0.316. The zero-order valence-corrected chi connectivity index (χ0v) is 15.2. The lowest BCUT2D eigenvalue weighted by Gasteiger charge is -2.29. The summed E-state index contributed by atoms with van der Waals surface area (Å²) in [6.07, 6.45) is 0.755. The van der Waals surface area contributed by atoms with Gasteiger partial charge in [0.25, 0.3) is 0 Å². The number of halogens is 2.